The molecule has 1 aliphatic heterocycles. The van der Waals surface area contributed by atoms with E-state index >= 15 is 0 Å². The molecule has 1 atom stereocenters. The number of hydrogen-bond donors (Lipinski definition) is 1. The first-order valence-corrected chi connectivity index (χ1v) is 9.60. The van der Waals surface area contributed by atoms with Gasteiger partial charge in [-0.1, -0.05) is 30.3 Å². The van der Waals surface area contributed by atoms with Gasteiger partial charge in [-0.2, -0.15) is 0 Å². The van der Waals surface area contributed by atoms with Crippen molar-refractivity contribution >= 4 is 5.91 Å². The maximum absolute atomic E-state index is 12.9. The summed E-state index contributed by atoms with van der Waals surface area (Å²) in [6.45, 7) is 1.55. The summed E-state index contributed by atoms with van der Waals surface area (Å²) in [5.41, 5.74) is 4.06. The number of hydrogen-bond acceptors (Lipinski definition) is 3. The molecular formula is C22H22N4O. The van der Waals surface area contributed by atoms with Crippen LogP contribution in [0.2, 0.25) is 0 Å². The minimum atomic E-state index is -0.0394. The van der Waals surface area contributed by atoms with Crippen molar-refractivity contribution < 1.29 is 4.79 Å². The fraction of sp³-hybridized carbons (Fsp3) is 0.318. The summed E-state index contributed by atoms with van der Waals surface area (Å²) in [5.74, 6) is 0.869. The molecule has 3 heterocycles. The number of nitrogens with one attached hydrogen (secondary N) is 1. The molecule has 3 aromatic rings. The highest BCUT2D eigenvalue weighted by Gasteiger charge is 2.45. The Labute approximate surface area is 158 Å². The van der Waals surface area contributed by atoms with Crippen LogP contribution in [0.5, 0.6) is 0 Å². The van der Waals surface area contributed by atoms with Gasteiger partial charge in [-0.05, 0) is 43.4 Å². The number of aromatic amines is 1. The molecule has 2 aromatic heterocycles. The SMILES string of the molecule is O=C(c1ccc[nH]1)N1CCCC2(CCc3cnc(-c4ccccc4)nc32)C1. The zero-order chi connectivity index (χ0) is 18.3. The molecule has 5 rings (SSSR count). The van der Waals surface area contributed by atoms with Gasteiger partial charge in [-0.3, -0.25) is 4.79 Å². The topological polar surface area (TPSA) is 61.9 Å². The number of benzene rings is 1. The summed E-state index contributed by atoms with van der Waals surface area (Å²) in [6, 6.07) is 13.8. The summed E-state index contributed by atoms with van der Waals surface area (Å²) < 4.78 is 0. The van der Waals surface area contributed by atoms with Gasteiger partial charge in [0.1, 0.15) is 5.69 Å². The van der Waals surface area contributed by atoms with E-state index in [9.17, 15) is 4.79 Å². The van der Waals surface area contributed by atoms with Crippen molar-refractivity contribution in [1.82, 2.24) is 19.9 Å². The third-order valence-electron chi connectivity index (χ3n) is 5.96. The molecule has 136 valence electrons. The average Bonchev–Trinajstić information content (AvgIpc) is 3.37. The summed E-state index contributed by atoms with van der Waals surface area (Å²) in [4.78, 5) is 27.5. The van der Waals surface area contributed by atoms with E-state index in [0.717, 1.165) is 55.9 Å². The number of carbonyl (C=O) groups excluding carboxylic acids is 1. The van der Waals surface area contributed by atoms with E-state index in [0.29, 0.717) is 5.69 Å². The van der Waals surface area contributed by atoms with Crippen LogP contribution in [0.4, 0.5) is 0 Å². The second-order valence-corrected chi connectivity index (χ2v) is 7.63. The highest BCUT2D eigenvalue weighted by molar-refractivity contribution is 5.92. The van der Waals surface area contributed by atoms with Crippen molar-refractivity contribution in [3.8, 4) is 11.4 Å². The molecule has 0 saturated carbocycles. The molecule has 0 radical (unpaired) electrons. The van der Waals surface area contributed by atoms with Crippen LogP contribution in [0.15, 0.2) is 54.9 Å². The number of H-pyrrole nitrogens is 1. The van der Waals surface area contributed by atoms with Crippen molar-refractivity contribution in [3.05, 3.63) is 71.8 Å². The van der Waals surface area contributed by atoms with Gasteiger partial charge in [0.2, 0.25) is 0 Å². The normalized spacial score (nSPS) is 21.4. The molecule has 2 aliphatic rings. The average molecular weight is 358 g/mol. The maximum atomic E-state index is 12.9. The number of rotatable bonds is 2. The zero-order valence-electron chi connectivity index (χ0n) is 15.2. The van der Waals surface area contributed by atoms with Crippen LogP contribution < -0.4 is 0 Å². The van der Waals surface area contributed by atoms with Gasteiger partial charge in [-0.25, -0.2) is 9.97 Å². The molecule has 1 spiro atoms. The quantitative estimate of drug-likeness (QED) is 0.761. The Balaban J connectivity index is 1.49. The lowest BCUT2D eigenvalue weighted by molar-refractivity contribution is 0.0628. The number of piperidine rings is 1. The predicted octanol–water partition coefficient (Wildman–Crippen LogP) is 3.59. The fourth-order valence-electron chi connectivity index (χ4n) is 4.60. The van der Waals surface area contributed by atoms with Crippen molar-refractivity contribution in [2.24, 2.45) is 0 Å². The monoisotopic (exact) mass is 358 g/mol. The van der Waals surface area contributed by atoms with Gasteiger partial charge in [0.25, 0.3) is 5.91 Å². The Hall–Kier alpha value is -2.95. The molecule has 1 fully saturated rings. The first-order valence-electron chi connectivity index (χ1n) is 9.60. The van der Waals surface area contributed by atoms with E-state index < -0.39 is 0 Å². The minimum Gasteiger partial charge on any atom is -0.357 e. The molecule has 5 nitrogen and oxygen atoms in total. The predicted molar refractivity (Wildman–Crippen MR) is 103 cm³/mol. The smallest absolute Gasteiger partial charge is 0.270 e. The number of amides is 1. The Morgan fingerprint density at radius 1 is 1.11 bits per heavy atom. The lowest BCUT2D eigenvalue weighted by Crippen LogP contribution is -2.48. The summed E-state index contributed by atoms with van der Waals surface area (Å²) in [5, 5.41) is 0. The number of aromatic nitrogens is 3. The number of nitrogens with zero attached hydrogens (tertiary/aromatic N) is 3. The van der Waals surface area contributed by atoms with Crippen LogP contribution in [0, 0.1) is 0 Å². The van der Waals surface area contributed by atoms with Crippen molar-refractivity contribution in [3.63, 3.8) is 0 Å². The minimum absolute atomic E-state index is 0.0394. The summed E-state index contributed by atoms with van der Waals surface area (Å²) in [7, 11) is 0. The molecule has 27 heavy (non-hydrogen) atoms. The second-order valence-electron chi connectivity index (χ2n) is 7.63. The van der Waals surface area contributed by atoms with Crippen molar-refractivity contribution in [2.75, 3.05) is 13.1 Å². The van der Waals surface area contributed by atoms with E-state index in [1.54, 1.807) is 6.20 Å². The second kappa shape index (κ2) is 6.34. The van der Waals surface area contributed by atoms with E-state index in [1.165, 1.54) is 5.56 Å². The molecule has 1 N–H and O–H groups in total. The third kappa shape index (κ3) is 2.74. The van der Waals surface area contributed by atoms with E-state index in [2.05, 4.69) is 9.97 Å². The molecule has 1 unspecified atom stereocenters. The highest BCUT2D eigenvalue weighted by Crippen LogP contribution is 2.44. The van der Waals surface area contributed by atoms with Gasteiger partial charge in [0.15, 0.2) is 5.82 Å². The maximum Gasteiger partial charge on any atom is 0.270 e. The highest BCUT2D eigenvalue weighted by atomic mass is 16.2. The number of aryl methyl sites for hydroxylation is 1. The van der Waals surface area contributed by atoms with Gasteiger partial charge in [0, 0.05) is 36.5 Å². The lowest BCUT2D eigenvalue weighted by atomic mass is 9.77. The Kier molecular flexibility index (Phi) is 3.81. The summed E-state index contributed by atoms with van der Waals surface area (Å²) >= 11 is 0. The largest absolute Gasteiger partial charge is 0.357 e. The van der Waals surface area contributed by atoms with Gasteiger partial charge < -0.3 is 9.88 Å². The zero-order valence-corrected chi connectivity index (χ0v) is 15.2. The first-order chi connectivity index (χ1) is 13.3. The van der Waals surface area contributed by atoms with Gasteiger partial charge in [0.05, 0.1) is 5.69 Å². The first kappa shape index (κ1) is 16.2. The van der Waals surface area contributed by atoms with E-state index in [-0.39, 0.29) is 11.3 Å². The van der Waals surface area contributed by atoms with Crippen LogP contribution >= 0.6 is 0 Å². The lowest BCUT2D eigenvalue weighted by Gasteiger charge is -2.40. The fourth-order valence-corrected chi connectivity index (χ4v) is 4.60. The Morgan fingerprint density at radius 3 is 2.81 bits per heavy atom. The number of likely N-dealkylation sites (tertiary alicyclic amines) is 1. The molecule has 5 heteroatoms. The molecule has 1 amide bonds. The van der Waals surface area contributed by atoms with E-state index in [4.69, 9.17) is 4.98 Å². The van der Waals surface area contributed by atoms with Crippen LogP contribution in [-0.2, 0) is 11.8 Å². The number of fused-ring (bicyclic) bond motifs is 2. The number of carbonyl (C=O) groups is 1. The van der Waals surface area contributed by atoms with Crippen LogP contribution in [0.25, 0.3) is 11.4 Å². The molecule has 0 bridgehead atoms. The molecule has 1 aliphatic carbocycles. The Morgan fingerprint density at radius 2 is 2.00 bits per heavy atom. The van der Waals surface area contributed by atoms with Crippen molar-refractivity contribution in [1.29, 1.82) is 0 Å². The van der Waals surface area contributed by atoms with Crippen LogP contribution in [0.1, 0.15) is 41.0 Å². The van der Waals surface area contributed by atoms with Crippen molar-refractivity contribution in [2.45, 2.75) is 31.1 Å². The third-order valence-corrected chi connectivity index (χ3v) is 5.96. The van der Waals surface area contributed by atoms with E-state index in [1.807, 2.05) is 53.6 Å². The molecule has 1 aromatic carbocycles. The summed E-state index contributed by atoms with van der Waals surface area (Å²) in [6.07, 6.45) is 7.93. The van der Waals surface area contributed by atoms with Crippen LogP contribution in [0.3, 0.4) is 0 Å². The standard InChI is InChI=1S/C22H22N4O/c27-21(18-8-4-12-23-18)26-13-5-10-22(15-26)11-9-17-14-24-20(25-19(17)22)16-6-2-1-3-7-16/h1-4,6-8,12,14,23H,5,9-11,13,15H2. The Bertz CT molecular complexity index is 963. The molecular weight excluding hydrogens is 336 g/mol. The van der Waals surface area contributed by atoms with Gasteiger partial charge in [-0.15, -0.1) is 0 Å². The van der Waals surface area contributed by atoms with Gasteiger partial charge >= 0.3 is 0 Å². The molecule has 1 saturated heterocycles. The van der Waals surface area contributed by atoms with Crippen LogP contribution in [-0.4, -0.2) is 38.8 Å².